The fourth-order valence-corrected chi connectivity index (χ4v) is 5.22. The average Bonchev–Trinajstić information content (AvgIpc) is 3.35. The van der Waals surface area contributed by atoms with E-state index in [4.69, 9.17) is 5.26 Å². The zero-order chi connectivity index (χ0) is 24.6. The summed E-state index contributed by atoms with van der Waals surface area (Å²) in [6.45, 7) is 2.93. The third kappa shape index (κ3) is 4.69. The summed E-state index contributed by atoms with van der Waals surface area (Å²) in [4.78, 5) is 8.01. The molecule has 35 heavy (non-hydrogen) atoms. The number of benzene rings is 3. The first-order valence-electron chi connectivity index (χ1n) is 11.3. The molecule has 0 saturated carbocycles. The van der Waals surface area contributed by atoms with Gasteiger partial charge in [-0.05, 0) is 65.9 Å². The summed E-state index contributed by atoms with van der Waals surface area (Å²) in [5.41, 5.74) is 8.65. The van der Waals surface area contributed by atoms with Gasteiger partial charge in [-0.25, -0.2) is 13.4 Å². The number of nitrogens with one attached hydrogen (secondary N) is 2. The van der Waals surface area contributed by atoms with Crippen LogP contribution >= 0.6 is 0 Å². The molecule has 1 aliphatic rings. The topological polar surface area (TPSA) is 102 Å². The predicted molar refractivity (Wildman–Crippen MR) is 138 cm³/mol. The van der Waals surface area contributed by atoms with Crippen molar-refractivity contribution < 1.29 is 8.42 Å². The first-order chi connectivity index (χ1) is 16.8. The van der Waals surface area contributed by atoms with E-state index in [2.05, 4.69) is 33.5 Å². The lowest BCUT2D eigenvalue weighted by molar-refractivity contribution is 0.395. The Morgan fingerprint density at radius 2 is 1.91 bits per heavy atom. The van der Waals surface area contributed by atoms with Gasteiger partial charge in [0.1, 0.15) is 5.82 Å². The molecule has 5 rings (SSSR count). The van der Waals surface area contributed by atoms with E-state index in [-0.39, 0.29) is 0 Å². The molecule has 0 radical (unpaired) electrons. The Labute approximate surface area is 205 Å². The Morgan fingerprint density at radius 3 is 2.66 bits per heavy atom. The SMILES string of the molecule is Cc1ccc(Nc2cccc3c2CCN(S(C)(=O)=O)C3)cc1-c1ncc(-c2ccc(C#N)cc2)[nH]1. The van der Waals surface area contributed by atoms with Crippen LogP contribution in [0.4, 0.5) is 11.4 Å². The highest BCUT2D eigenvalue weighted by molar-refractivity contribution is 7.88. The second-order valence-electron chi connectivity index (χ2n) is 8.78. The molecule has 1 aliphatic heterocycles. The number of imidazole rings is 1. The number of hydrogen-bond donors (Lipinski definition) is 2. The first kappa shape index (κ1) is 22.8. The summed E-state index contributed by atoms with van der Waals surface area (Å²) in [6.07, 6.45) is 3.73. The monoisotopic (exact) mass is 483 g/mol. The molecule has 0 atom stereocenters. The molecule has 0 bridgehead atoms. The second kappa shape index (κ2) is 9.02. The summed E-state index contributed by atoms with van der Waals surface area (Å²) in [5.74, 6) is 0.768. The summed E-state index contributed by atoms with van der Waals surface area (Å²) in [5, 5.41) is 12.6. The lowest BCUT2D eigenvalue weighted by atomic mass is 9.98. The lowest BCUT2D eigenvalue weighted by Crippen LogP contribution is -2.35. The predicted octanol–water partition coefficient (Wildman–Crippen LogP) is 4.99. The first-order valence-corrected chi connectivity index (χ1v) is 13.2. The van der Waals surface area contributed by atoms with E-state index in [1.807, 2.05) is 43.3 Å². The van der Waals surface area contributed by atoms with Gasteiger partial charge in [0, 0.05) is 30.0 Å². The maximum atomic E-state index is 12.0. The Kier molecular flexibility index (Phi) is 5.89. The number of aryl methyl sites for hydroxylation is 1. The Hall–Kier alpha value is -3.93. The Bertz CT molecular complexity index is 1550. The van der Waals surface area contributed by atoms with Gasteiger partial charge >= 0.3 is 0 Å². The molecular weight excluding hydrogens is 458 g/mol. The molecule has 8 heteroatoms. The Morgan fingerprint density at radius 1 is 1.11 bits per heavy atom. The maximum Gasteiger partial charge on any atom is 0.211 e. The number of anilines is 2. The number of nitrogens with zero attached hydrogens (tertiary/aromatic N) is 3. The van der Waals surface area contributed by atoms with Gasteiger partial charge < -0.3 is 10.3 Å². The van der Waals surface area contributed by atoms with Gasteiger partial charge in [0.25, 0.3) is 0 Å². The minimum atomic E-state index is -3.21. The van der Waals surface area contributed by atoms with Crippen LogP contribution in [-0.2, 0) is 23.0 Å². The molecule has 2 heterocycles. The quantitative estimate of drug-likeness (QED) is 0.417. The number of H-pyrrole nitrogens is 1. The molecule has 0 spiro atoms. The number of fused-ring (bicyclic) bond motifs is 1. The summed E-state index contributed by atoms with van der Waals surface area (Å²) < 4.78 is 25.5. The van der Waals surface area contributed by atoms with Gasteiger partial charge in [-0.15, -0.1) is 0 Å². The van der Waals surface area contributed by atoms with Crippen molar-refractivity contribution in [2.75, 3.05) is 18.1 Å². The van der Waals surface area contributed by atoms with Crippen LogP contribution in [-0.4, -0.2) is 35.5 Å². The molecule has 7 nitrogen and oxygen atoms in total. The van der Waals surface area contributed by atoms with Crippen LogP contribution in [0, 0.1) is 18.3 Å². The van der Waals surface area contributed by atoms with Crippen molar-refractivity contribution in [2.45, 2.75) is 19.9 Å². The van der Waals surface area contributed by atoms with Crippen molar-refractivity contribution in [3.8, 4) is 28.7 Å². The molecule has 4 aromatic rings. The minimum absolute atomic E-state index is 0.396. The van der Waals surface area contributed by atoms with E-state index in [1.165, 1.54) is 10.6 Å². The molecule has 0 saturated heterocycles. The fraction of sp³-hybridized carbons (Fsp3) is 0.185. The third-order valence-electron chi connectivity index (χ3n) is 6.37. The van der Waals surface area contributed by atoms with E-state index in [0.29, 0.717) is 25.1 Å². The summed E-state index contributed by atoms with van der Waals surface area (Å²) in [6, 6.07) is 21.7. The zero-order valence-corrected chi connectivity index (χ0v) is 20.4. The largest absolute Gasteiger partial charge is 0.355 e. The van der Waals surface area contributed by atoms with Crippen molar-refractivity contribution in [3.05, 3.63) is 89.1 Å². The normalized spacial score (nSPS) is 13.7. The van der Waals surface area contributed by atoms with Gasteiger partial charge in [-0.1, -0.05) is 30.3 Å². The molecule has 3 aromatic carbocycles. The molecule has 1 aromatic heterocycles. The van der Waals surface area contributed by atoms with E-state index in [9.17, 15) is 8.42 Å². The summed E-state index contributed by atoms with van der Waals surface area (Å²) >= 11 is 0. The molecule has 0 fully saturated rings. The van der Waals surface area contributed by atoms with Crippen LogP contribution in [0.5, 0.6) is 0 Å². The van der Waals surface area contributed by atoms with Crippen LogP contribution < -0.4 is 5.32 Å². The molecule has 0 aliphatic carbocycles. The Balaban J connectivity index is 1.42. The van der Waals surface area contributed by atoms with Gasteiger partial charge in [0.2, 0.25) is 10.0 Å². The van der Waals surface area contributed by atoms with E-state index >= 15 is 0 Å². The minimum Gasteiger partial charge on any atom is -0.355 e. The lowest BCUT2D eigenvalue weighted by Gasteiger charge is -2.28. The fourth-order valence-electron chi connectivity index (χ4n) is 4.42. The van der Waals surface area contributed by atoms with Crippen molar-refractivity contribution in [1.82, 2.24) is 14.3 Å². The number of nitriles is 1. The van der Waals surface area contributed by atoms with Crippen molar-refractivity contribution in [2.24, 2.45) is 0 Å². The van der Waals surface area contributed by atoms with Crippen molar-refractivity contribution in [1.29, 1.82) is 5.26 Å². The number of aromatic nitrogens is 2. The second-order valence-corrected chi connectivity index (χ2v) is 10.8. The van der Waals surface area contributed by atoms with Crippen molar-refractivity contribution in [3.63, 3.8) is 0 Å². The molecule has 2 N–H and O–H groups in total. The van der Waals surface area contributed by atoms with Crippen LogP contribution in [0.2, 0.25) is 0 Å². The van der Waals surface area contributed by atoms with Gasteiger partial charge in [-0.2, -0.15) is 9.57 Å². The van der Waals surface area contributed by atoms with Crippen LogP contribution in [0.15, 0.2) is 66.9 Å². The average molecular weight is 484 g/mol. The molecule has 0 unspecified atom stereocenters. The van der Waals surface area contributed by atoms with Gasteiger partial charge in [-0.3, -0.25) is 0 Å². The highest BCUT2D eigenvalue weighted by Gasteiger charge is 2.24. The van der Waals surface area contributed by atoms with Gasteiger partial charge in [0.15, 0.2) is 0 Å². The van der Waals surface area contributed by atoms with E-state index in [0.717, 1.165) is 50.7 Å². The highest BCUT2D eigenvalue weighted by atomic mass is 32.2. The number of rotatable bonds is 5. The van der Waals surface area contributed by atoms with Crippen LogP contribution in [0.1, 0.15) is 22.3 Å². The third-order valence-corrected chi connectivity index (χ3v) is 7.62. The smallest absolute Gasteiger partial charge is 0.211 e. The highest BCUT2D eigenvalue weighted by Crippen LogP contribution is 2.32. The van der Waals surface area contributed by atoms with Crippen LogP contribution in [0.3, 0.4) is 0 Å². The zero-order valence-electron chi connectivity index (χ0n) is 19.5. The van der Waals surface area contributed by atoms with Crippen molar-refractivity contribution >= 4 is 21.4 Å². The van der Waals surface area contributed by atoms with E-state index in [1.54, 1.807) is 18.3 Å². The molecule has 0 amide bonds. The van der Waals surface area contributed by atoms with E-state index < -0.39 is 10.0 Å². The number of aromatic amines is 1. The number of hydrogen-bond acceptors (Lipinski definition) is 5. The maximum absolute atomic E-state index is 12.0. The molecular formula is C27H25N5O2S. The van der Waals surface area contributed by atoms with Crippen LogP contribution in [0.25, 0.3) is 22.6 Å². The standard InChI is InChI=1S/C27H25N5O2S/c1-18-6-11-22(30-25-5-3-4-21-17-32(35(2,33)34)13-12-23(21)25)14-24(18)27-29-16-26(31-27)20-9-7-19(15-28)8-10-20/h3-11,14,16,30H,12-13,17H2,1-2H3,(H,29,31). The summed E-state index contributed by atoms with van der Waals surface area (Å²) in [7, 11) is -3.21. The van der Waals surface area contributed by atoms with Gasteiger partial charge in [0.05, 0.1) is 29.8 Å². The molecule has 176 valence electrons. The number of sulfonamides is 1.